The minimum Gasteiger partial charge on any atom is -0.484 e. The highest BCUT2D eigenvalue weighted by molar-refractivity contribution is 5.77. The zero-order chi connectivity index (χ0) is 19.1. The van der Waals surface area contributed by atoms with Crippen molar-refractivity contribution in [2.45, 2.75) is 26.7 Å². The molecule has 2 N–H and O–H groups in total. The number of carbonyl (C=O) groups is 1. The summed E-state index contributed by atoms with van der Waals surface area (Å²) >= 11 is 0. The summed E-state index contributed by atoms with van der Waals surface area (Å²) in [5, 5.41) is 6.09. The van der Waals surface area contributed by atoms with Gasteiger partial charge in [-0.05, 0) is 38.8 Å². The summed E-state index contributed by atoms with van der Waals surface area (Å²) in [7, 11) is 0. The highest BCUT2D eigenvalue weighted by Gasteiger charge is 2.15. The molecule has 1 amide bonds. The summed E-state index contributed by atoms with van der Waals surface area (Å²) in [5.74, 6) is 3.05. The summed E-state index contributed by atoms with van der Waals surface area (Å²) in [5.41, 5.74) is 1.16. The molecule has 1 aliphatic heterocycles. The fraction of sp³-hybridized carbons (Fsp3) is 0.450. The van der Waals surface area contributed by atoms with Crippen LogP contribution in [0.15, 0.2) is 30.3 Å². The molecule has 0 aliphatic carbocycles. The van der Waals surface area contributed by atoms with Crippen LogP contribution in [0.5, 0.6) is 5.75 Å². The van der Waals surface area contributed by atoms with Crippen molar-refractivity contribution in [3.63, 3.8) is 0 Å². The van der Waals surface area contributed by atoms with Crippen LogP contribution in [-0.2, 0) is 4.79 Å². The quantitative estimate of drug-likeness (QED) is 0.695. The van der Waals surface area contributed by atoms with Gasteiger partial charge in [-0.15, -0.1) is 0 Å². The molecule has 0 atom stereocenters. The summed E-state index contributed by atoms with van der Waals surface area (Å²) in [4.78, 5) is 23.1. The molecule has 1 fully saturated rings. The summed E-state index contributed by atoms with van der Waals surface area (Å²) in [6, 6.07) is 9.61. The number of amides is 1. The highest BCUT2D eigenvalue weighted by Crippen LogP contribution is 2.20. The van der Waals surface area contributed by atoms with Gasteiger partial charge in [-0.3, -0.25) is 4.79 Å². The predicted octanol–water partition coefficient (Wildman–Crippen LogP) is 2.30. The molecule has 0 spiro atoms. The lowest BCUT2D eigenvalue weighted by Crippen LogP contribution is -2.32. The smallest absolute Gasteiger partial charge is 0.258 e. The molecule has 27 heavy (non-hydrogen) atoms. The Labute approximate surface area is 160 Å². The summed E-state index contributed by atoms with van der Waals surface area (Å²) < 4.78 is 5.47. The van der Waals surface area contributed by atoms with Crippen molar-refractivity contribution in [2.24, 2.45) is 0 Å². The van der Waals surface area contributed by atoms with Gasteiger partial charge in [0, 0.05) is 32.2 Å². The van der Waals surface area contributed by atoms with Crippen molar-refractivity contribution in [1.29, 1.82) is 0 Å². The van der Waals surface area contributed by atoms with E-state index in [1.54, 1.807) is 0 Å². The maximum atomic E-state index is 11.9. The van der Waals surface area contributed by atoms with Crippen LogP contribution in [0, 0.1) is 13.8 Å². The lowest BCUT2D eigenvalue weighted by atomic mass is 10.2. The molecule has 0 radical (unpaired) electrons. The van der Waals surface area contributed by atoms with Crippen LogP contribution >= 0.6 is 0 Å². The Kier molecular flexibility index (Phi) is 6.46. The molecule has 1 aliphatic rings. The van der Waals surface area contributed by atoms with E-state index in [0.29, 0.717) is 18.8 Å². The molecule has 1 aromatic carbocycles. The average Bonchev–Trinajstić information content (AvgIpc) is 3.19. The van der Waals surface area contributed by atoms with Gasteiger partial charge in [0.25, 0.3) is 5.91 Å². The van der Waals surface area contributed by atoms with E-state index < -0.39 is 0 Å². The topological polar surface area (TPSA) is 79.4 Å². The Morgan fingerprint density at radius 3 is 2.59 bits per heavy atom. The normalized spacial score (nSPS) is 13.5. The molecule has 7 nitrogen and oxygen atoms in total. The Hall–Kier alpha value is -2.83. The molecule has 2 aromatic rings. The molecule has 0 bridgehead atoms. The predicted molar refractivity (Wildman–Crippen MR) is 106 cm³/mol. The third kappa shape index (κ3) is 5.84. The molecular formula is C20H27N5O2. The monoisotopic (exact) mass is 369 g/mol. The zero-order valence-corrected chi connectivity index (χ0v) is 16.0. The van der Waals surface area contributed by atoms with Gasteiger partial charge in [0.05, 0.1) is 0 Å². The maximum Gasteiger partial charge on any atom is 0.258 e. The third-order valence-electron chi connectivity index (χ3n) is 4.40. The summed E-state index contributed by atoms with van der Waals surface area (Å²) in [6.45, 7) is 7.10. The first kappa shape index (κ1) is 18.9. The molecule has 144 valence electrons. The van der Waals surface area contributed by atoms with Crippen LogP contribution in [0.3, 0.4) is 0 Å². The van der Waals surface area contributed by atoms with E-state index in [2.05, 4.69) is 25.5 Å². The van der Waals surface area contributed by atoms with Crippen LogP contribution in [0.4, 0.5) is 11.6 Å². The van der Waals surface area contributed by atoms with Gasteiger partial charge in [0.1, 0.15) is 23.2 Å². The van der Waals surface area contributed by atoms with Gasteiger partial charge in [0.15, 0.2) is 6.61 Å². The Morgan fingerprint density at radius 2 is 1.85 bits per heavy atom. The van der Waals surface area contributed by atoms with Gasteiger partial charge in [-0.2, -0.15) is 0 Å². The fourth-order valence-corrected chi connectivity index (χ4v) is 2.98. The van der Waals surface area contributed by atoms with E-state index in [9.17, 15) is 4.79 Å². The second-order valence-electron chi connectivity index (χ2n) is 6.73. The van der Waals surface area contributed by atoms with E-state index in [-0.39, 0.29) is 12.5 Å². The van der Waals surface area contributed by atoms with Crippen LogP contribution in [0.25, 0.3) is 0 Å². The standard InChI is InChI=1S/C20H27N5O2/c1-15-5-7-17(8-6-15)27-14-20(26)22-10-9-21-18-13-19(24-16(2)23-18)25-11-3-4-12-25/h5-8,13H,3-4,9-12,14H2,1-2H3,(H,22,26)(H,21,23,24). The number of ether oxygens (including phenoxy) is 1. The number of hydrogen-bond donors (Lipinski definition) is 2. The number of aromatic nitrogens is 2. The van der Waals surface area contributed by atoms with Crippen molar-refractivity contribution in [3.05, 3.63) is 41.7 Å². The first-order valence-electron chi connectivity index (χ1n) is 9.41. The zero-order valence-electron chi connectivity index (χ0n) is 16.0. The second kappa shape index (κ2) is 9.21. The molecule has 1 saturated heterocycles. The van der Waals surface area contributed by atoms with Crippen molar-refractivity contribution in [1.82, 2.24) is 15.3 Å². The van der Waals surface area contributed by atoms with Crippen molar-refractivity contribution in [3.8, 4) is 5.75 Å². The maximum absolute atomic E-state index is 11.9. The number of anilines is 2. The van der Waals surface area contributed by atoms with Crippen molar-refractivity contribution < 1.29 is 9.53 Å². The minimum atomic E-state index is -0.144. The van der Waals surface area contributed by atoms with E-state index in [1.165, 1.54) is 12.8 Å². The molecule has 0 unspecified atom stereocenters. The number of nitrogens with one attached hydrogen (secondary N) is 2. The van der Waals surface area contributed by atoms with E-state index in [4.69, 9.17) is 4.74 Å². The number of nitrogens with zero attached hydrogens (tertiary/aromatic N) is 3. The Morgan fingerprint density at radius 1 is 1.11 bits per heavy atom. The summed E-state index contributed by atoms with van der Waals surface area (Å²) in [6.07, 6.45) is 2.42. The number of hydrogen-bond acceptors (Lipinski definition) is 6. The first-order valence-corrected chi connectivity index (χ1v) is 9.41. The Bertz CT molecular complexity index is 757. The van der Waals surface area contributed by atoms with Crippen LogP contribution in [-0.4, -0.2) is 48.7 Å². The number of carbonyl (C=O) groups excluding carboxylic acids is 1. The number of rotatable bonds is 8. The lowest BCUT2D eigenvalue weighted by Gasteiger charge is -2.17. The van der Waals surface area contributed by atoms with Gasteiger partial charge < -0.3 is 20.3 Å². The molecule has 7 heteroatoms. The number of aryl methyl sites for hydroxylation is 2. The van der Waals surface area contributed by atoms with Gasteiger partial charge >= 0.3 is 0 Å². The third-order valence-corrected chi connectivity index (χ3v) is 4.40. The number of benzene rings is 1. The van der Waals surface area contributed by atoms with Gasteiger partial charge in [0.2, 0.25) is 0 Å². The van der Waals surface area contributed by atoms with Crippen molar-refractivity contribution in [2.75, 3.05) is 43.0 Å². The lowest BCUT2D eigenvalue weighted by molar-refractivity contribution is -0.123. The van der Waals surface area contributed by atoms with Crippen molar-refractivity contribution >= 4 is 17.5 Å². The highest BCUT2D eigenvalue weighted by atomic mass is 16.5. The SMILES string of the molecule is Cc1ccc(OCC(=O)NCCNc2cc(N3CCCC3)nc(C)n2)cc1. The molecule has 2 heterocycles. The van der Waals surface area contributed by atoms with Crippen LogP contribution < -0.4 is 20.3 Å². The largest absolute Gasteiger partial charge is 0.484 e. The van der Waals surface area contributed by atoms with Gasteiger partial charge in [-0.1, -0.05) is 17.7 Å². The Balaban J connectivity index is 1.39. The second-order valence-corrected chi connectivity index (χ2v) is 6.73. The van der Waals surface area contributed by atoms with E-state index in [0.717, 1.165) is 36.1 Å². The van der Waals surface area contributed by atoms with Crippen LogP contribution in [0.2, 0.25) is 0 Å². The molecule has 1 aromatic heterocycles. The molecule has 3 rings (SSSR count). The molecule has 0 saturated carbocycles. The van der Waals surface area contributed by atoms with Crippen LogP contribution in [0.1, 0.15) is 24.2 Å². The first-order chi connectivity index (χ1) is 13.1. The average molecular weight is 369 g/mol. The van der Waals surface area contributed by atoms with E-state index in [1.807, 2.05) is 44.2 Å². The minimum absolute atomic E-state index is 0.00871. The van der Waals surface area contributed by atoms with Gasteiger partial charge in [-0.25, -0.2) is 9.97 Å². The molecular weight excluding hydrogens is 342 g/mol. The van der Waals surface area contributed by atoms with E-state index >= 15 is 0 Å². The fourth-order valence-electron chi connectivity index (χ4n) is 2.98.